The summed E-state index contributed by atoms with van der Waals surface area (Å²) in [6, 6.07) is -0.659. The summed E-state index contributed by atoms with van der Waals surface area (Å²) in [5.41, 5.74) is 0. The molecule has 5 heteroatoms. The van der Waals surface area contributed by atoms with Crippen molar-refractivity contribution in [3.63, 3.8) is 0 Å². The Bertz CT molecular complexity index is 337. The smallest absolute Gasteiger partial charge is 0.230 e. The summed E-state index contributed by atoms with van der Waals surface area (Å²) in [6.07, 6.45) is 18.2. The number of carbonyl (C=O) groups excluding carboxylic acids is 1. The zero-order valence-corrected chi connectivity index (χ0v) is 16.9. The Labute approximate surface area is 159 Å². The topological polar surface area (TPSA) is 69.6 Å². The Hall–Kier alpha value is -0.520. The summed E-state index contributed by atoms with van der Waals surface area (Å²) in [7, 11) is 0. The van der Waals surface area contributed by atoms with E-state index in [4.69, 9.17) is 0 Å². The number of allylic oxidation sites excluding steroid dienone is 1. The van der Waals surface area contributed by atoms with Crippen LogP contribution in [0.1, 0.15) is 84.0 Å². The molecule has 1 amide bonds. The standard InChI is InChI=1S/C20H39NO3S/c1-2-3-4-5-6-7-8-9-10-11-12-13-14-15-19(23)18(16-22)21-20(24)17-25/h14-15,18-19,22-23,25H,2-13,16-17H2,1H3,(H,21,24)/b15-14+/t18-,19+/m0/s1. The summed E-state index contributed by atoms with van der Waals surface area (Å²) in [5.74, 6) is -0.244. The molecule has 0 radical (unpaired) electrons. The highest BCUT2D eigenvalue weighted by Crippen LogP contribution is 2.12. The molecule has 2 atom stereocenters. The van der Waals surface area contributed by atoms with E-state index >= 15 is 0 Å². The average molecular weight is 374 g/mol. The van der Waals surface area contributed by atoms with Crippen LogP contribution in [0, 0.1) is 0 Å². The third-order valence-electron chi connectivity index (χ3n) is 4.41. The lowest BCUT2D eigenvalue weighted by atomic mass is 10.0. The Morgan fingerprint density at radius 2 is 1.52 bits per heavy atom. The molecule has 0 aromatic heterocycles. The first kappa shape index (κ1) is 24.5. The van der Waals surface area contributed by atoms with Crippen LogP contribution in [0.15, 0.2) is 12.2 Å². The fourth-order valence-electron chi connectivity index (χ4n) is 2.79. The predicted octanol–water partition coefficient (Wildman–Crippen LogP) is 4.01. The zero-order valence-electron chi connectivity index (χ0n) is 16.0. The summed E-state index contributed by atoms with van der Waals surface area (Å²) >= 11 is 3.86. The number of amides is 1. The highest BCUT2D eigenvalue weighted by atomic mass is 32.1. The fourth-order valence-corrected chi connectivity index (χ4v) is 2.88. The van der Waals surface area contributed by atoms with E-state index in [0.717, 1.165) is 12.8 Å². The lowest BCUT2D eigenvalue weighted by Gasteiger charge is -2.19. The van der Waals surface area contributed by atoms with Gasteiger partial charge in [-0.1, -0.05) is 83.3 Å². The predicted molar refractivity (Wildman–Crippen MR) is 109 cm³/mol. The van der Waals surface area contributed by atoms with E-state index in [0.29, 0.717) is 0 Å². The van der Waals surface area contributed by atoms with Crippen molar-refractivity contribution < 1.29 is 15.0 Å². The third kappa shape index (κ3) is 15.5. The van der Waals surface area contributed by atoms with Gasteiger partial charge >= 0.3 is 0 Å². The van der Waals surface area contributed by atoms with E-state index in [2.05, 4.69) is 24.9 Å². The van der Waals surface area contributed by atoms with Crippen LogP contribution in [-0.2, 0) is 4.79 Å². The van der Waals surface area contributed by atoms with Gasteiger partial charge in [-0.3, -0.25) is 4.79 Å². The number of nitrogens with one attached hydrogen (secondary N) is 1. The number of thiol groups is 1. The molecule has 148 valence electrons. The van der Waals surface area contributed by atoms with Gasteiger partial charge in [0.2, 0.25) is 5.91 Å². The van der Waals surface area contributed by atoms with Crippen molar-refractivity contribution in [1.82, 2.24) is 5.32 Å². The molecule has 0 fully saturated rings. The van der Waals surface area contributed by atoms with Crippen LogP contribution in [0.25, 0.3) is 0 Å². The molecule has 0 unspecified atom stereocenters. The van der Waals surface area contributed by atoms with E-state index in [1.165, 1.54) is 64.2 Å². The number of aliphatic hydroxyl groups is 2. The quantitative estimate of drug-likeness (QED) is 0.177. The van der Waals surface area contributed by atoms with Gasteiger partial charge in [0.05, 0.1) is 24.5 Å². The molecule has 0 aromatic rings. The van der Waals surface area contributed by atoms with Gasteiger partial charge in [0, 0.05) is 0 Å². The molecule has 4 nitrogen and oxygen atoms in total. The number of unbranched alkanes of at least 4 members (excludes halogenated alkanes) is 11. The fraction of sp³-hybridized carbons (Fsp3) is 0.850. The van der Waals surface area contributed by atoms with Gasteiger partial charge in [-0.05, 0) is 12.8 Å². The molecule has 3 N–H and O–H groups in total. The Morgan fingerprint density at radius 3 is 2.00 bits per heavy atom. The van der Waals surface area contributed by atoms with Crippen molar-refractivity contribution in [2.75, 3.05) is 12.4 Å². The molecule has 0 heterocycles. The molecule has 25 heavy (non-hydrogen) atoms. The molecule has 0 aliphatic rings. The van der Waals surface area contributed by atoms with Crippen molar-refractivity contribution in [3.05, 3.63) is 12.2 Å². The van der Waals surface area contributed by atoms with Crippen LogP contribution in [0.3, 0.4) is 0 Å². The van der Waals surface area contributed by atoms with E-state index in [9.17, 15) is 15.0 Å². The van der Waals surface area contributed by atoms with Crippen molar-refractivity contribution in [2.24, 2.45) is 0 Å². The first-order valence-electron chi connectivity index (χ1n) is 10.0. The zero-order chi connectivity index (χ0) is 18.8. The second kappa shape index (κ2) is 18.3. The highest BCUT2D eigenvalue weighted by molar-refractivity contribution is 7.81. The first-order valence-corrected chi connectivity index (χ1v) is 10.6. The molecule has 0 aliphatic heterocycles. The molecular weight excluding hydrogens is 334 g/mol. The van der Waals surface area contributed by atoms with Crippen molar-refractivity contribution >= 4 is 18.5 Å². The Balaban J connectivity index is 3.54. The van der Waals surface area contributed by atoms with Crippen molar-refractivity contribution in [3.8, 4) is 0 Å². The summed E-state index contributed by atoms with van der Waals surface area (Å²) in [4.78, 5) is 11.2. The van der Waals surface area contributed by atoms with E-state index in [1.807, 2.05) is 6.08 Å². The maximum absolute atomic E-state index is 11.2. The van der Waals surface area contributed by atoms with Crippen LogP contribution in [0.5, 0.6) is 0 Å². The van der Waals surface area contributed by atoms with E-state index in [-0.39, 0.29) is 18.3 Å². The van der Waals surface area contributed by atoms with Crippen LogP contribution in [0.4, 0.5) is 0 Å². The van der Waals surface area contributed by atoms with Gasteiger partial charge in [0.1, 0.15) is 0 Å². The molecule has 0 spiro atoms. The SMILES string of the molecule is CCCCCCCCCCCCC/C=C/[C@@H](O)[C@H](CO)NC(=O)CS. The lowest BCUT2D eigenvalue weighted by Crippen LogP contribution is -2.45. The minimum absolute atomic E-state index is 0.0473. The van der Waals surface area contributed by atoms with Crippen LogP contribution in [0.2, 0.25) is 0 Å². The molecular formula is C20H39NO3S. The van der Waals surface area contributed by atoms with E-state index in [1.54, 1.807) is 6.08 Å². The van der Waals surface area contributed by atoms with Crippen molar-refractivity contribution in [2.45, 2.75) is 96.1 Å². The lowest BCUT2D eigenvalue weighted by molar-refractivity contribution is -0.120. The van der Waals surface area contributed by atoms with Crippen LogP contribution >= 0.6 is 12.6 Å². The van der Waals surface area contributed by atoms with E-state index < -0.39 is 12.1 Å². The second-order valence-electron chi connectivity index (χ2n) is 6.76. The van der Waals surface area contributed by atoms with Crippen LogP contribution in [-0.4, -0.2) is 40.6 Å². The maximum Gasteiger partial charge on any atom is 0.230 e. The molecule has 0 bridgehead atoms. The van der Waals surface area contributed by atoms with Crippen molar-refractivity contribution in [1.29, 1.82) is 0 Å². The average Bonchev–Trinajstić information content (AvgIpc) is 2.63. The summed E-state index contributed by atoms with van der Waals surface area (Å²) < 4.78 is 0. The number of rotatable bonds is 17. The number of carbonyl (C=O) groups is 1. The monoisotopic (exact) mass is 373 g/mol. The normalized spacial score (nSPS) is 13.9. The summed E-state index contributed by atoms with van der Waals surface area (Å²) in [5, 5.41) is 21.7. The molecule has 0 saturated carbocycles. The van der Waals surface area contributed by atoms with Crippen LogP contribution < -0.4 is 5.32 Å². The molecule has 0 aliphatic carbocycles. The van der Waals surface area contributed by atoms with Gasteiger partial charge < -0.3 is 15.5 Å². The largest absolute Gasteiger partial charge is 0.394 e. The highest BCUT2D eigenvalue weighted by Gasteiger charge is 2.17. The van der Waals surface area contributed by atoms with Gasteiger partial charge in [0.15, 0.2) is 0 Å². The second-order valence-corrected chi connectivity index (χ2v) is 7.07. The van der Waals surface area contributed by atoms with Gasteiger partial charge in [-0.15, -0.1) is 0 Å². The molecule has 0 aromatic carbocycles. The molecule has 0 saturated heterocycles. The number of hydrogen-bond acceptors (Lipinski definition) is 4. The van der Waals surface area contributed by atoms with Gasteiger partial charge in [0.25, 0.3) is 0 Å². The third-order valence-corrected chi connectivity index (χ3v) is 4.69. The maximum atomic E-state index is 11.2. The summed E-state index contributed by atoms with van der Waals surface area (Å²) in [6.45, 7) is 1.96. The minimum Gasteiger partial charge on any atom is -0.394 e. The minimum atomic E-state index is -0.860. The Kier molecular flexibility index (Phi) is 17.9. The van der Waals surface area contributed by atoms with Gasteiger partial charge in [-0.2, -0.15) is 12.6 Å². The van der Waals surface area contributed by atoms with Gasteiger partial charge in [-0.25, -0.2) is 0 Å². The Morgan fingerprint density at radius 1 is 1.00 bits per heavy atom. The number of hydrogen-bond donors (Lipinski definition) is 4. The first-order chi connectivity index (χ1) is 12.2. The number of aliphatic hydroxyl groups excluding tert-OH is 2. The molecule has 0 rings (SSSR count).